The van der Waals surface area contributed by atoms with Crippen molar-refractivity contribution in [3.63, 3.8) is 0 Å². The summed E-state index contributed by atoms with van der Waals surface area (Å²) < 4.78 is 0. The lowest BCUT2D eigenvalue weighted by Gasteiger charge is -1.98. The van der Waals surface area contributed by atoms with Crippen LogP contribution >= 0.6 is 0 Å². The van der Waals surface area contributed by atoms with E-state index in [1.807, 2.05) is 31.2 Å². The van der Waals surface area contributed by atoms with E-state index in [9.17, 15) is 0 Å². The highest BCUT2D eigenvalue weighted by Crippen LogP contribution is 2.12. The highest BCUT2D eigenvalue weighted by atomic mass is 14.5. The van der Waals surface area contributed by atoms with Gasteiger partial charge in [-0.2, -0.15) is 5.26 Å². The van der Waals surface area contributed by atoms with E-state index < -0.39 is 0 Å². The lowest BCUT2D eigenvalue weighted by atomic mass is 10.1. The fourth-order valence-corrected chi connectivity index (χ4v) is 1.07. The lowest BCUT2D eigenvalue weighted by Crippen LogP contribution is -1.86. The number of anilines is 1. The second-order valence-corrected chi connectivity index (χ2v) is 2.64. The van der Waals surface area contributed by atoms with Gasteiger partial charge in [0.05, 0.1) is 6.07 Å². The van der Waals surface area contributed by atoms with Gasteiger partial charge in [-0.1, -0.05) is 6.07 Å². The van der Waals surface area contributed by atoms with Crippen LogP contribution in [0.1, 0.15) is 11.1 Å². The van der Waals surface area contributed by atoms with Crippen molar-refractivity contribution in [3.05, 3.63) is 35.4 Å². The Morgan fingerprint density at radius 3 is 2.75 bits per heavy atom. The number of nitrogen functional groups attached to an aromatic ring is 1. The van der Waals surface area contributed by atoms with E-state index in [4.69, 9.17) is 11.0 Å². The summed E-state index contributed by atoms with van der Waals surface area (Å²) in [6, 6.07) is 7.64. The molecule has 1 aromatic rings. The molecule has 0 atom stereocenters. The number of hydrogen-bond donors (Lipinski definition) is 1. The third kappa shape index (κ3) is 2.14. The standard InChI is InChI=1S/C10H10N2/c1-8-5-9(3-2-4-11)7-10(12)6-8/h2-3,5-7H,12H2,1H3/b3-2+. The summed E-state index contributed by atoms with van der Waals surface area (Å²) in [6.07, 6.45) is 3.18. The quantitative estimate of drug-likeness (QED) is 0.502. The zero-order valence-electron chi connectivity index (χ0n) is 6.91. The van der Waals surface area contributed by atoms with Crippen molar-refractivity contribution in [3.8, 4) is 6.07 Å². The van der Waals surface area contributed by atoms with Crippen LogP contribution in [-0.2, 0) is 0 Å². The normalized spacial score (nSPS) is 10.0. The Balaban J connectivity index is 3.03. The van der Waals surface area contributed by atoms with E-state index >= 15 is 0 Å². The minimum atomic E-state index is 0.729. The Bertz CT molecular complexity index is 325. The van der Waals surface area contributed by atoms with Gasteiger partial charge in [0.2, 0.25) is 0 Å². The van der Waals surface area contributed by atoms with Crippen LogP contribution < -0.4 is 5.73 Å². The molecular weight excluding hydrogens is 148 g/mol. The molecule has 2 nitrogen and oxygen atoms in total. The Morgan fingerprint density at radius 2 is 2.17 bits per heavy atom. The van der Waals surface area contributed by atoms with Crippen molar-refractivity contribution in [2.24, 2.45) is 0 Å². The van der Waals surface area contributed by atoms with Crippen LogP contribution in [0, 0.1) is 18.3 Å². The van der Waals surface area contributed by atoms with Crippen LogP contribution in [0.2, 0.25) is 0 Å². The summed E-state index contributed by atoms with van der Waals surface area (Å²) in [4.78, 5) is 0. The van der Waals surface area contributed by atoms with Crippen LogP contribution in [-0.4, -0.2) is 0 Å². The second kappa shape index (κ2) is 3.59. The number of rotatable bonds is 1. The van der Waals surface area contributed by atoms with Crippen molar-refractivity contribution in [2.75, 3.05) is 5.73 Å². The molecule has 2 heteroatoms. The predicted octanol–water partition coefficient (Wildman–Crippen LogP) is 2.11. The number of benzene rings is 1. The smallest absolute Gasteiger partial charge is 0.0912 e. The zero-order valence-corrected chi connectivity index (χ0v) is 6.91. The van der Waals surface area contributed by atoms with E-state index in [1.54, 1.807) is 6.08 Å². The van der Waals surface area contributed by atoms with Gasteiger partial charge < -0.3 is 5.73 Å². The first-order valence-corrected chi connectivity index (χ1v) is 3.66. The summed E-state index contributed by atoms with van der Waals surface area (Å²) in [5.74, 6) is 0. The molecule has 0 radical (unpaired) electrons. The van der Waals surface area contributed by atoms with Crippen molar-refractivity contribution >= 4 is 11.8 Å². The number of allylic oxidation sites excluding steroid dienone is 1. The average Bonchev–Trinajstić information content (AvgIpc) is 1.99. The topological polar surface area (TPSA) is 49.8 Å². The molecule has 0 aliphatic heterocycles. The van der Waals surface area contributed by atoms with Gasteiger partial charge in [0.25, 0.3) is 0 Å². The monoisotopic (exact) mass is 158 g/mol. The molecule has 0 saturated carbocycles. The molecule has 2 N–H and O–H groups in total. The number of hydrogen-bond acceptors (Lipinski definition) is 2. The molecule has 0 aliphatic carbocycles. The Labute approximate surface area is 71.9 Å². The molecule has 0 aromatic heterocycles. The maximum atomic E-state index is 8.30. The molecule has 0 spiro atoms. The molecule has 1 rings (SSSR count). The van der Waals surface area contributed by atoms with Crippen LogP contribution in [0.3, 0.4) is 0 Å². The summed E-state index contributed by atoms with van der Waals surface area (Å²) in [6.45, 7) is 1.97. The van der Waals surface area contributed by atoms with Gasteiger partial charge in [0.1, 0.15) is 0 Å². The molecule has 0 amide bonds. The second-order valence-electron chi connectivity index (χ2n) is 2.64. The Hall–Kier alpha value is -1.75. The maximum absolute atomic E-state index is 8.30. The van der Waals surface area contributed by atoms with Gasteiger partial charge >= 0.3 is 0 Å². The molecule has 0 heterocycles. The summed E-state index contributed by atoms with van der Waals surface area (Å²) in [5.41, 5.74) is 8.41. The van der Waals surface area contributed by atoms with Crippen LogP contribution in [0.4, 0.5) is 5.69 Å². The molecule has 1 aromatic carbocycles. The molecule has 12 heavy (non-hydrogen) atoms. The minimum absolute atomic E-state index is 0.729. The van der Waals surface area contributed by atoms with Crippen molar-refractivity contribution in [2.45, 2.75) is 6.92 Å². The van der Waals surface area contributed by atoms with E-state index in [0.717, 1.165) is 16.8 Å². The molecule has 0 unspecified atom stereocenters. The average molecular weight is 158 g/mol. The fourth-order valence-electron chi connectivity index (χ4n) is 1.07. The van der Waals surface area contributed by atoms with E-state index in [0.29, 0.717) is 0 Å². The van der Waals surface area contributed by atoms with Crippen LogP contribution in [0.15, 0.2) is 24.3 Å². The SMILES string of the molecule is Cc1cc(N)cc(/C=C/C#N)c1. The lowest BCUT2D eigenvalue weighted by molar-refractivity contribution is 1.46. The first-order chi connectivity index (χ1) is 5.72. The third-order valence-electron chi connectivity index (χ3n) is 1.47. The van der Waals surface area contributed by atoms with Crippen LogP contribution in [0.25, 0.3) is 6.08 Å². The van der Waals surface area contributed by atoms with E-state index in [-0.39, 0.29) is 0 Å². The minimum Gasteiger partial charge on any atom is -0.399 e. The van der Waals surface area contributed by atoms with Crippen molar-refractivity contribution in [1.29, 1.82) is 5.26 Å². The Morgan fingerprint density at radius 1 is 1.42 bits per heavy atom. The van der Waals surface area contributed by atoms with Crippen molar-refractivity contribution < 1.29 is 0 Å². The molecule has 0 fully saturated rings. The number of aryl methyl sites for hydroxylation is 1. The molecule has 0 bridgehead atoms. The van der Waals surface area contributed by atoms with Gasteiger partial charge in [0.15, 0.2) is 0 Å². The van der Waals surface area contributed by atoms with E-state index in [2.05, 4.69) is 0 Å². The van der Waals surface area contributed by atoms with Gasteiger partial charge in [-0.05, 0) is 36.3 Å². The maximum Gasteiger partial charge on any atom is 0.0912 e. The van der Waals surface area contributed by atoms with Gasteiger partial charge in [0, 0.05) is 11.8 Å². The summed E-state index contributed by atoms with van der Waals surface area (Å²) >= 11 is 0. The van der Waals surface area contributed by atoms with Gasteiger partial charge in [-0.25, -0.2) is 0 Å². The molecule has 0 saturated heterocycles. The first kappa shape index (κ1) is 8.35. The first-order valence-electron chi connectivity index (χ1n) is 3.66. The third-order valence-corrected chi connectivity index (χ3v) is 1.47. The number of nitrogens with zero attached hydrogens (tertiary/aromatic N) is 1. The summed E-state index contributed by atoms with van der Waals surface area (Å²) in [7, 11) is 0. The highest BCUT2D eigenvalue weighted by Gasteiger charge is 1.91. The highest BCUT2D eigenvalue weighted by molar-refractivity contribution is 5.58. The van der Waals surface area contributed by atoms with Crippen LogP contribution in [0.5, 0.6) is 0 Å². The van der Waals surface area contributed by atoms with Gasteiger partial charge in [-0.3, -0.25) is 0 Å². The number of nitrogens with two attached hydrogens (primary N) is 1. The Kier molecular flexibility index (Phi) is 2.49. The number of nitriles is 1. The summed E-state index contributed by atoms with van der Waals surface area (Å²) in [5, 5.41) is 8.30. The predicted molar refractivity (Wildman–Crippen MR) is 50.2 cm³/mol. The molecular formula is C10H10N2. The van der Waals surface area contributed by atoms with Crippen molar-refractivity contribution in [1.82, 2.24) is 0 Å². The van der Waals surface area contributed by atoms with E-state index in [1.165, 1.54) is 6.08 Å². The van der Waals surface area contributed by atoms with Gasteiger partial charge in [-0.15, -0.1) is 0 Å². The fraction of sp³-hybridized carbons (Fsp3) is 0.100. The largest absolute Gasteiger partial charge is 0.399 e. The molecule has 0 aliphatic rings. The zero-order chi connectivity index (χ0) is 8.97. The molecule has 60 valence electrons.